The molecule has 0 aromatic carbocycles. The van der Waals surface area contributed by atoms with Crippen molar-refractivity contribution in [2.45, 2.75) is 343 Å². The van der Waals surface area contributed by atoms with Crippen molar-refractivity contribution in [3.8, 4) is 0 Å². The average molecular weight is 1150 g/mol. The molecule has 0 saturated carbocycles. The summed E-state index contributed by atoms with van der Waals surface area (Å²) in [6.45, 7) is 1.75. The predicted octanol–water partition coefficient (Wildman–Crippen LogP) is 6.55. The van der Waals surface area contributed by atoms with E-state index in [1.807, 2.05) is 6.08 Å². The van der Waals surface area contributed by atoms with E-state index in [9.17, 15) is 61.0 Å². The fraction of sp³-hybridized carbons (Fsp3) is 0.951. The summed E-state index contributed by atoms with van der Waals surface area (Å²) >= 11 is 0. The topological polar surface area (TPSA) is 307 Å². The van der Waals surface area contributed by atoms with Crippen molar-refractivity contribution >= 4 is 5.91 Å². The Bertz CT molecular complexity index is 1510. The molecule has 0 aliphatic carbocycles. The Labute approximate surface area is 480 Å². The first kappa shape index (κ1) is 72.8. The van der Waals surface area contributed by atoms with E-state index < -0.39 is 124 Å². The number of aliphatic hydroxyl groups is 11. The first-order chi connectivity index (χ1) is 38.8. The van der Waals surface area contributed by atoms with E-state index >= 15 is 0 Å². The largest absolute Gasteiger partial charge is 0.394 e. The van der Waals surface area contributed by atoms with E-state index in [0.29, 0.717) is 6.42 Å². The van der Waals surface area contributed by atoms with Crippen molar-refractivity contribution in [3.63, 3.8) is 0 Å². The number of rotatable bonds is 48. The predicted molar refractivity (Wildman–Crippen MR) is 305 cm³/mol. The second kappa shape index (κ2) is 44.9. The van der Waals surface area contributed by atoms with Gasteiger partial charge in [0.25, 0.3) is 0 Å². The number of aliphatic hydroxyl groups excluding tert-OH is 11. The quantitative estimate of drug-likeness (QED) is 0.0227. The zero-order valence-electron chi connectivity index (χ0n) is 49.3. The average Bonchev–Trinajstić information content (AvgIpc) is 3.50. The van der Waals surface area contributed by atoms with E-state index in [1.54, 1.807) is 6.08 Å². The van der Waals surface area contributed by atoms with Gasteiger partial charge < -0.3 is 89.9 Å². The molecule has 3 fully saturated rings. The van der Waals surface area contributed by atoms with Crippen molar-refractivity contribution in [2.24, 2.45) is 0 Å². The minimum Gasteiger partial charge on any atom is -0.394 e. The van der Waals surface area contributed by atoms with E-state index in [4.69, 9.17) is 28.4 Å². The van der Waals surface area contributed by atoms with Crippen LogP contribution >= 0.6 is 0 Å². The van der Waals surface area contributed by atoms with Gasteiger partial charge in [-0.15, -0.1) is 0 Å². The number of hydrogen-bond acceptors (Lipinski definition) is 18. The van der Waals surface area contributed by atoms with Gasteiger partial charge in [0, 0.05) is 6.42 Å². The molecular formula is C61H115NO18. The van der Waals surface area contributed by atoms with Gasteiger partial charge in [0.2, 0.25) is 5.91 Å². The zero-order chi connectivity index (χ0) is 58.3. The number of nitrogens with one attached hydrogen (secondary N) is 1. The van der Waals surface area contributed by atoms with E-state index in [1.165, 1.54) is 167 Å². The number of unbranched alkanes of at least 4 members (excludes halogenated alkanes) is 32. The Balaban J connectivity index is 1.49. The molecule has 80 heavy (non-hydrogen) atoms. The Hall–Kier alpha value is -1.47. The molecule has 12 N–H and O–H groups in total. The molecule has 3 aliphatic heterocycles. The van der Waals surface area contributed by atoms with Gasteiger partial charge in [0.15, 0.2) is 18.9 Å². The minimum atomic E-state index is -1.97. The van der Waals surface area contributed by atoms with Gasteiger partial charge in [-0.1, -0.05) is 225 Å². The standard InChI is InChI=1S/C61H115NO18/c1-3-5-7-9-11-13-15-17-19-21-23-25-27-29-31-33-35-37-39-49(67)62-44(45(66)38-36-34-32-30-28-26-24-22-20-18-16-14-12-10-8-6-4-2)43-75-59-55(73)52(70)57(47(41-64)77-59)80-61-56(74)53(71)58(48(42-65)78-61)79-60-54(72)51(69)50(68)46(40-63)76-60/h36,38,44-48,50-61,63-66,68-74H,3-35,37,39-43H2,1-2H3,(H,62,67)/b38-36+. The number of carbonyl (C=O) groups excluding carboxylic acids is 1. The SMILES string of the molecule is CCCCCCCCCCCCCCCCC/C=C/C(O)C(COC1OC(CO)C(OC2OC(CO)C(OC3OC(CO)C(O)C(O)C3O)C(O)C2O)C(O)C1O)NC(=O)CCCCCCCCCCCCCCCCCCCC. The maximum atomic E-state index is 13.3. The van der Waals surface area contributed by atoms with E-state index in [-0.39, 0.29) is 18.9 Å². The molecule has 0 aromatic rings. The Morgan fingerprint density at radius 3 is 1.18 bits per heavy atom. The second-order valence-electron chi connectivity index (χ2n) is 23.2. The van der Waals surface area contributed by atoms with Crippen LogP contribution in [-0.2, 0) is 33.2 Å². The van der Waals surface area contributed by atoms with Gasteiger partial charge in [-0.05, 0) is 19.3 Å². The van der Waals surface area contributed by atoms with Gasteiger partial charge in [-0.3, -0.25) is 4.79 Å². The van der Waals surface area contributed by atoms with Crippen LogP contribution in [0.4, 0.5) is 0 Å². The highest BCUT2D eigenvalue weighted by atomic mass is 16.8. The van der Waals surface area contributed by atoms with Crippen LogP contribution in [0.5, 0.6) is 0 Å². The molecule has 0 spiro atoms. The molecule has 0 radical (unpaired) electrons. The van der Waals surface area contributed by atoms with Gasteiger partial charge in [-0.25, -0.2) is 0 Å². The molecule has 3 rings (SSSR count). The molecule has 3 aliphatic rings. The Morgan fingerprint density at radius 2 is 0.775 bits per heavy atom. The van der Waals surface area contributed by atoms with Crippen molar-refractivity contribution in [3.05, 3.63) is 12.2 Å². The van der Waals surface area contributed by atoms with Gasteiger partial charge in [-0.2, -0.15) is 0 Å². The lowest BCUT2D eigenvalue weighted by Crippen LogP contribution is -2.66. The molecule has 19 heteroatoms. The third-order valence-electron chi connectivity index (χ3n) is 16.3. The zero-order valence-corrected chi connectivity index (χ0v) is 49.3. The van der Waals surface area contributed by atoms with Crippen molar-refractivity contribution in [2.75, 3.05) is 26.4 Å². The van der Waals surface area contributed by atoms with Crippen LogP contribution in [0.2, 0.25) is 0 Å². The summed E-state index contributed by atoms with van der Waals surface area (Å²) in [7, 11) is 0. The summed E-state index contributed by atoms with van der Waals surface area (Å²) in [5, 5.41) is 120. The Morgan fingerprint density at radius 1 is 0.438 bits per heavy atom. The monoisotopic (exact) mass is 1150 g/mol. The van der Waals surface area contributed by atoms with Crippen LogP contribution in [0, 0.1) is 0 Å². The lowest BCUT2D eigenvalue weighted by Gasteiger charge is -2.48. The van der Waals surface area contributed by atoms with E-state index in [0.717, 1.165) is 44.9 Å². The van der Waals surface area contributed by atoms with Gasteiger partial charge in [0.05, 0.1) is 38.6 Å². The van der Waals surface area contributed by atoms with Crippen LogP contribution in [0.25, 0.3) is 0 Å². The number of hydrogen-bond donors (Lipinski definition) is 12. The van der Waals surface area contributed by atoms with Crippen molar-refractivity contribution in [1.29, 1.82) is 0 Å². The molecule has 0 aromatic heterocycles. The summed E-state index contributed by atoms with van der Waals surface area (Å²) < 4.78 is 34.3. The molecular weight excluding hydrogens is 1030 g/mol. The highest BCUT2D eigenvalue weighted by Crippen LogP contribution is 2.33. The summed E-state index contributed by atoms with van der Waals surface area (Å²) in [6, 6.07) is -0.967. The van der Waals surface area contributed by atoms with Crippen LogP contribution in [0.15, 0.2) is 12.2 Å². The van der Waals surface area contributed by atoms with Crippen LogP contribution in [0.3, 0.4) is 0 Å². The third kappa shape index (κ3) is 28.2. The molecule has 17 atom stereocenters. The molecule has 19 nitrogen and oxygen atoms in total. The second-order valence-corrected chi connectivity index (χ2v) is 23.2. The fourth-order valence-corrected chi connectivity index (χ4v) is 11.1. The van der Waals surface area contributed by atoms with Crippen LogP contribution in [0.1, 0.15) is 239 Å². The fourth-order valence-electron chi connectivity index (χ4n) is 11.1. The van der Waals surface area contributed by atoms with E-state index in [2.05, 4.69) is 19.2 Å². The molecule has 3 heterocycles. The summed E-state index contributed by atoms with van der Waals surface area (Å²) in [5.74, 6) is -0.271. The number of allylic oxidation sites excluding steroid dienone is 1. The van der Waals surface area contributed by atoms with Crippen LogP contribution < -0.4 is 5.32 Å². The summed E-state index contributed by atoms with van der Waals surface area (Å²) in [6.07, 6.45) is 19.0. The lowest BCUT2D eigenvalue weighted by atomic mass is 9.96. The molecule has 17 unspecified atom stereocenters. The lowest BCUT2D eigenvalue weighted by molar-refractivity contribution is -0.379. The summed E-state index contributed by atoms with van der Waals surface area (Å²) in [4.78, 5) is 13.3. The van der Waals surface area contributed by atoms with Gasteiger partial charge >= 0.3 is 0 Å². The number of amides is 1. The highest BCUT2D eigenvalue weighted by Gasteiger charge is 2.53. The highest BCUT2D eigenvalue weighted by molar-refractivity contribution is 5.76. The number of carbonyl (C=O) groups is 1. The summed E-state index contributed by atoms with van der Waals surface area (Å²) in [5.41, 5.74) is 0. The molecule has 1 amide bonds. The van der Waals surface area contributed by atoms with Crippen LogP contribution in [-0.4, -0.2) is 193 Å². The molecule has 0 bridgehead atoms. The smallest absolute Gasteiger partial charge is 0.220 e. The maximum absolute atomic E-state index is 13.3. The van der Waals surface area contributed by atoms with Crippen molar-refractivity contribution < 1.29 is 89.4 Å². The third-order valence-corrected chi connectivity index (χ3v) is 16.3. The number of ether oxygens (including phenoxy) is 6. The molecule has 3 saturated heterocycles. The normalized spacial score (nSPS) is 30.0. The van der Waals surface area contributed by atoms with Gasteiger partial charge in [0.1, 0.15) is 73.2 Å². The Kier molecular flexibility index (Phi) is 40.9. The maximum Gasteiger partial charge on any atom is 0.220 e. The minimum absolute atomic E-state index is 0.249. The molecule has 472 valence electrons. The van der Waals surface area contributed by atoms with Crippen molar-refractivity contribution in [1.82, 2.24) is 5.32 Å². The first-order valence-electron chi connectivity index (χ1n) is 31.9. The first-order valence-corrected chi connectivity index (χ1v) is 31.9.